The molecule has 2 aromatic rings. The van der Waals surface area contributed by atoms with Gasteiger partial charge in [0.25, 0.3) is 0 Å². The van der Waals surface area contributed by atoms with E-state index < -0.39 is 0 Å². The van der Waals surface area contributed by atoms with E-state index in [0.717, 1.165) is 45.6 Å². The minimum absolute atomic E-state index is 0.152. The van der Waals surface area contributed by atoms with E-state index in [-0.39, 0.29) is 29.1 Å². The number of nitrogens with one attached hydrogen (secondary N) is 1. The summed E-state index contributed by atoms with van der Waals surface area (Å²) in [5.74, 6) is -0.481. The van der Waals surface area contributed by atoms with Crippen molar-refractivity contribution in [2.24, 2.45) is 5.41 Å². The van der Waals surface area contributed by atoms with E-state index in [1.807, 2.05) is 12.1 Å². The number of carbonyl (C=O) groups is 2. The molecule has 6 nitrogen and oxygen atoms in total. The maximum absolute atomic E-state index is 13.7. The van der Waals surface area contributed by atoms with Gasteiger partial charge in [-0.2, -0.15) is 0 Å². The van der Waals surface area contributed by atoms with Gasteiger partial charge in [0.15, 0.2) is 0 Å². The molecule has 7 heteroatoms. The number of rotatable bonds is 5. The van der Waals surface area contributed by atoms with Crippen molar-refractivity contribution in [2.45, 2.75) is 90.0 Å². The summed E-state index contributed by atoms with van der Waals surface area (Å²) in [4.78, 5) is 31.6. The third kappa shape index (κ3) is 5.23. The monoisotopic (exact) mass is 556 g/mol. The lowest BCUT2D eigenvalue weighted by atomic mass is 9.72. The molecule has 3 saturated heterocycles. The molecule has 2 amide bonds. The highest BCUT2D eigenvalue weighted by Gasteiger charge is 2.42. The molecule has 7 rings (SSSR count). The van der Waals surface area contributed by atoms with Crippen LogP contribution in [0.15, 0.2) is 48.0 Å². The van der Waals surface area contributed by atoms with E-state index in [4.69, 9.17) is 0 Å². The van der Waals surface area contributed by atoms with Crippen LogP contribution >= 0.6 is 0 Å². The number of carbonyl (C=O) groups excluding carboxylic acids is 2. The standard InChI is InChI=1S/C34H41FN4O2/c1-34(2)14-13-24(30(16-34)22-3-6-26(35)7-4-22)19-39-28-9-10-29(39)21-37(20-28)27-8-5-23-17-38(18-25(23)15-27)31-11-12-32(40)36-33(31)41/h3-8,15,28-29,31H,9-14,16-21H2,1-2H3,(H,36,40,41). The number of amides is 2. The fourth-order valence-corrected chi connectivity index (χ4v) is 8.00. The van der Waals surface area contributed by atoms with Crippen LogP contribution in [0.1, 0.15) is 75.5 Å². The van der Waals surface area contributed by atoms with Crippen molar-refractivity contribution in [3.05, 3.63) is 70.5 Å². The van der Waals surface area contributed by atoms with Crippen LogP contribution in [0.2, 0.25) is 0 Å². The van der Waals surface area contributed by atoms with Crippen molar-refractivity contribution in [3.8, 4) is 0 Å². The van der Waals surface area contributed by atoms with Gasteiger partial charge in [0, 0.05) is 56.9 Å². The van der Waals surface area contributed by atoms with Crippen molar-refractivity contribution in [1.29, 1.82) is 0 Å². The first-order valence-electron chi connectivity index (χ1n) is 15.4. The zero-order valence-electron chi connectivity index (χ0n) is 24.3. The summed E-state index contributed by atoms with van der Waals surface area (Å²) in [6.45, 7) is 9.35. The first-order chi connectivity index (χ1) is 19.7. The van der Waals surface area contributed by atoms with Gasteiger partial charge in [-0.15, -0.1) is 0 Å². The van der Waals surface area contributed by atoms with Gasteiger partial charge in [-0.25, -0.2) is 4.39 Å². The Morgan fingerprint density at radius 1 is 0.927 bits per heavy atom. The molecule has 2 aromatic carbocycles. The van der Waals surface area contributed by atoms with Crippen molar-refractivity contribution in [1.82, 2.24) is 15.1 Å². The summed E-state index contributed by atoms with van der Waals surface area (Å²) >= 11 is 0. The number of benzene rings is 2. The van der Waals surface area contributed by atoms with Crippen LogP contribution < -0.4 is 10.2 Å². The Hall–Kier alpha value is -3.03. The van der Waals surface area contributed by atoms with Crippen LogP contribution in [-0.2, 0) is 22.7 Å². The predicted molar refractivity (Wildman–Crippen MR) is 159 cm³/mol. The van der Waals surface area contributed by atoms with Gasteiger partial charge >= 0.3 is 0 Å². The van der Waals surface area contributed by atoms with E-state index in [1.165, 1.54) is 47.2 Å². The second-order valence-electron chi connectivity index (χ2n) is 13.7. The molecule has 41 heavy (non-hydrogen) atoms. The number of nitrogens with zero attached hydrogens (tertiary/aromatic N) is 3. The van der Waals surface area contributed by atoms with Crippen LogP contribution in [0, 0.1) is 11.2 Å². The Labute approximate surface area is 242 Å². The first kappa shape index (κ1) is 26.8. The largest absolute Gasteiger partial charge is 0.368 e. The van der Waals surface area contributed by atoms with E-state index in [2.05, 4.69) is 52.1 Å². The van der Waals surface area contributed by atoms with Crippen molar-refractivity contribution in [3.63, 3.8) is 0 Å². The summed E-state index contributed by atoms with van der Waals surface area (Å²) < 4.78 is 13.7. The van der Waals surface area contributed by atoms with E-state index in [0.29, 0.717) is 24.9 Å². The van der Waals surface area contributed by atoms with Gasteiger partial charge in [-0.05, 0) is 90.5 Å². The highest BCUT2D eigenvalue weighted by atomic mass is 19.1. The molecule has 2 bridgehead atoms. The second kappa shape index (κ2) is 10.4. The average molecular weight is 557 g/mol. The highest BCUT2D eigenvalue weighted by molar-refractivity contribution is 6.00. The van der Waals surface area contributed by atoms with E-state index in [9.17, 15) is 14.0 Å². The molecule has 0 aromatic heterocycles. The summed E-state index contributed by atoms with van der Waals surface area (Å²) in [6, 6.07) is 14.8. The maximum atomic E-state index is 13.7. The molecule has 4 heterocycles. The first-order valence-corrected chi connectivity index (χ1v) is 15.4. The average Bonchev–Trinajstić information content (AvgIpc) is 3.45. The molecular weight excluding hydrogens is 515 g/mol. The minimum Gasteiger partial charge on any atom is -0.368 e. The number of piperidine rings is 1. The Bertz CT molecular complexity index is 1390. The van der Waals surface area contributed by atoms with E-state index in [1.54, 1.807) is 17.7 Å². The Balaban J connectivity index is 1.06. The number of piperazine rings is 1. The topological polar surface area (TPSA) is 55.9 Å². The lowest BCUT2D eigenvalue weighted by molar-refractivity contribution is -0.137. The molecule has 3 unspecified atom stereocenters. The fraction of sp³-hybridized carbons (Fsp3) is 0.529. The van der Waals surface area contributed by atoms with Gasteiger partial charge in [-0.3, -0.25) is 24.7 Å². The zero-order chi connectivity index (χ0) is 28.3. The normalized spacial score (nSPS) is 28.3. The number of hydrogen-bond acceptors (Lipinski definition) is 5. The quantitative estimate of drug-likeness (QED) is 0.509. The molecule has 216 valence electrons. The minimum atomic E-state index is -0.220. The van der Waals surface area contributed by atoms with Gasteiger partial charge in [-0.1, -0.05) is 37.6 Å². The molecular formula is C34H41FN4O2. The SMILES string of the molecule is CC1(C)CCC(CN2C3CCC2CN(c2ccc4c(c2)CN(C2CCC(=O)NC2=O)C4)C3)=C(c2ccc(F)cc2)C1. The molecule has 5 aliphatic rings. The van der Waals surface area contributed by atoms with Crippen molar-refractivity contribution < 1.29 is 14.0 Å². The lowest BCUT2D eigenvalue weighted by Gasteiger charge is -2.44. The summed E-state index contributed by atoms with van der Waals surface area (Å²) in [5, 5.41) is 2.51. The Morgan fingerprint density at radius 3 is 2.39 bits per heavy atom. The predicted octanol–water partition coefficient (Wildman–Crippen LogP) is 5.26. The molecule has 0 radical (unpaired) electrons. The van der Waals surface area contributed by atoms with Crippen molar-refractivity contribution >= 4 is 23.1 Å². The van der Waals surface area contributed by atoms with Gasteiger partial charge in [0.2, 0.25) is 11.8 Å². The molecule has 0 saturated carbocycles. The van der Waals surface area contributed by atoms with Gasteiger partial charge < -0.3 is 4.90 Å². The Morgan fingerprint density at radius 2 is 1.66 bits per heavy atom. The number of halogens is 1. The molecule has 1 aliphatic carbocycles. The molecule has 0 spiro atoms. The van der Waals surface area contributed by atoms with Crippen LogP contribution in [0.25, 0.3) is 5.57 Å². The summed E-state index contributed by atoms with van der Waals surface area (Å²) in [7, 11) is 0. The van der Waals surface area contributed by atoms with Crippen LogP contribution in [0.3, 0.4) is 0 Å². The fourth-order valence-electron chi connectivity index (χ4n) is 8.00. The molecule has 3 atom stereocenters. The molecule has 3 fully saturated rings. The zero-order valence-corrected chi connectivity index (χ0v) is 24.3. The van der Waals surface area contributed by atoms with Crippen LogP contribution in [0.4, 0.5) is 10.1 Å². The third-order valence-corrected chi connectivity index (χ3v) is 10.3. The lowest BCUT2D eigenvalue weighted by Crippen LogP contribution is -2.54. The smallest absolute Gasteiger partial charge is 0.243 e. The van der Waals surface area contributed by atoms with Crippen LogP contribution in [-0.4, -0.2) is 59.4 Å². The third-order valence-electron chi connectivity index (χ3n) is 10.3. The second-order valence-corrected chi connectivity index (χ2v) is 13.7. The number of hydrogen-bond donors (Lipinski definition) is 1. The number of allylic oxidation sites excluding steroid dienone is 1. The summed E-state index contributed by atoms with van der Waals surface area (Å²) in [5.41, 5.74) is 8.32. The Kier molecular flexibility index (Phi) is 6.78. The molecule has 4 aliphatic heterocycles. The molecule has 1 N–H and O–H groups in total. The van der Waals surface area contributed by atoms with Gasteiger partial charge in [0.1, 0.15) is 5.82 Å². The maximum Gasteiger partial charge on any atom is 0.243 e. The van der Waals surface area contributed by atoms with Gasteiger partial charge in [0.05, 0.1) is 6.04 Å². The van der Waals surface area contributed by atoms with Crippen molar-refractivity contribution in [2.75, 3.05) is 24.5 Å². The highest BCUT2D eigenvalue weighted by Crippen LogP contribution is 2.44. The number of anilines is 1. The van der Waals surface area contributed by atoms with E-state index >= 15 is 0 Å². The summed E-state index contributed by atoms with van der Waals surface area (Å²) in [6.07, 6.45) is 6.87. The number of fused-ring (bicyclic) bond motifs is 3. The number of imide groups is 1. The van der Waals surface area contributed by atoms with Crippen LogP contribution in [0.5, 0.6) is 0 Å².